The van der Waals surface area contributed by atoms with Crippen molar-refractivity contribution in [1.29, 1.82) is 0 Å². The molecule has 3 amide bonds. The van der Waals surface area contributed by atoms with E-state index < -0.39 is 11.8 Å². The third-order valence-corrected chi connectivity index (χ3v) is 6.05. The highest BCUT2D eigenvalue weighted by atomic mass is 35.5. The molecule has 0 radical (unpaired) electrons. The lowest BCUT2D eigenvalue weighted by molar-refractivity contribution is -0.138. The Morgan fingerprint density at radius 1 is 0.912 bits per heavy atom. The fraction of sp³-hybridized carbons (Fsp3) is 0.148. The fourth-order valence-electron chi connectivity index (χ4n) is 3.74. The molecule has 0 saturated carbocycles. The number of nitrogens with one attached hydrogen (secondary N) is 2. The van der Waals surface area contributed by atoms with Crippen molar-refractivity contribution in [2.75, 3.05) is 10.6 Å². The van der Waals surface area contributed by atoms with Crippen LogP contribution in [0.2, 0.25) is 0 Å². The van der Waals surface area contributed by atoms with Crippen LogP contribution in [0, 0.1) is 6.92 Å². The Balaban J connectivity index is 1.54. The molecule has 0 saturated heterocycles. The average molecular weight is 474 g/mol. The van der Waals surface area contributed by atoms with E-state index in [1.54, 1.807) is 18.2 Å². The van der Waals surface area contributed by atoms with E-state index in [9.17, 15) is 14.4 Å². The van der Waals surface area contributed by atoms with Crippen LogP contribution in [-0.4, -0.2) is 22.6 Å². The molecular weight excluding hydrogens is 450 g/mol. The van der Waals surface area contributed by atoms with Gasteiger partial charge in [-0.25, -0.2) is 0 Å². The van der Waals surface area contributed by atoms with E-state index >= 15 is 0 Å². The highest BCUT2D eigenvalue weighted by Gasteiger charge is 2.38. The van der Waals surface area contributed by atoms with Gasteiger partial charge >= 0.3 is 0 Å². The lowest BCUT2D eigenvalue weighted by atomic mass is 10.1. The van der Waals surface area contributed by atoms with Crippen molar-refractivity contribution in [3.63, 3.8) is 0 Å². The number of anilines is 2. The van der Waals surface area contributed by atoms with Gasteiger partial charge in [0.05, 0.1) is 6.54 Å². The van der Waals surface area contributed by atoms with E-state index in [1.165, 1.54) is 0 Å². The van der Waals surface area contributed by atoms with Gasteiger partial charge < -0.3 is 10.6 Å². The van der Waals surface area contributed by atoms with Crippen molar-refractivity contribution in [2.24, 2.45) is 0 Å². The molecule has 0 atom stereocenters. The van der Waals surface area contributed by atoms with E-state index in [4.69, 9.17) is 11.6 Å². The zero-order chi connectivity index (χ0) is 24.2. The summed E-state index contributed by atoms with van der Waals surface area (Å²) in [6.45, 7) is 3.99. The number of aryl methyl sites for hydroxylation is 2. The number of rotatable bonds is 7. The summed E-state index contributed by atoms with van der Waals surface area (Å²) in [5.41, 5.74) is 4.33. The molecular formula is C27H24ClN3O3. The van der Waals surface area contributed by atoms with E-state index in [0.29, 0.717) is 11.3 Å². The van der Waals surface area contributed by atoms with E-state index in [0.717, 1.165) is 33.7 Å². The molecule has 0 bridgehead atoms. The fourth-order valence-corrected chi connectivity index (χ4v) is 3.97. The summed E-state index contributed by atoms with van der Waals surface area (Å²) < 4.78 is 0. The first kappa shape index (κ1) is 23.3. The van der Waals surface area contributed by atoms with Crippen LogP contribution in [0.15, 0.2) is 83.5 Å². The number of nitrogens with zero attached hydrogens (tertiary/aromatic N) is 1. The molecule has 0 fully saturated rings. The van der Waals surface area contributed by atoms with Crippen molar-refractivity contribution in [2.45, 2.75) is 26.8 Å². The van der Waals surface area contributed by atoms with Crippen molar-refractivity contribution in [3.8, 4) is 0 Å². The molecule has 0 aromatic heterocycles. The zero-order valence-electron chi connectivity index (χ0n) is 18.9. The van der Waals surface area contributed by atoms with Gasteiger partial charge in [0.1, 0.15) is 10.7 Å². The Hall–Kier alpha value is -3.90. The highest BCUT2D eigenvalue weighted by Crippen LogP contribution is 2.29. The van der Waals surface area contributed by atoms with Crippen LogP contribution in [0.5, 0.6) is 0 Å². The first-order valence-electron chi connectivity index (χ1n) is 11.0. The van der Waals surface area contributed by atoms with Crippen molar-refractivity contribution in [3.05, 3.63) is 106 Å². The lowest BCUT2D eigenvalue weighted by Crippen LogP contribution is -2.31. The predicted molar refractivity (Wildman–Crippen MR) is 133 cm³/mol. The van der Waals surface area contributed by atoms with Crippen LogP contribution in [0.1, 0.15) is 34.0 Å². The van der Waals surface area contributed by atoms with E-state index in [2.05, 4.69) is 10.6 Å². The second-order valence-corrected chi connectivity index (χ2v) is 8.37. The number of para-hydroxylation sites is 1. The highest BCUT2D eigenvalue weighted by molar-refractivity contribution is 6.48. The van der Waals surface area contributed by atoms with Crippen LogP contribution in [0.25, 0.3) is 0 Å². The molecule has 2 N–H and O–H groups in total. The Kier molecular flexibility index (Phi) is 6.80. The average Bonchev–Trinajstić information content (AvgIpc) is 3.04. The summed E-state index contributed by atoms with van der Waals surface area (Å²) in [5.74, 6) is -1.34. The standard InChI is InChI=1S/C27H24ClN3O3/c1-3-19-11-7-8-12-21(19)30-25(32)20-14-13-17(2)22(15-20)29-24-23(28)26(33)31(27(24)34)16-18-9-5-4-6-10-18/h4-15,29H,3,16H2,1-2H3,(H,30,32). The predicted octanol–water partition coefficient (Wildman–Crippen LogP) is 5.24. The number of hydrogen-bond donors (Lipinski definition) is 2. The van der Waals surface area contributed by atoms with Crippen LogP contribution in [0.4, 0.5) is 11.4 Å². The molecule has 172 valence electrons. The number of halogens is 1. The molecule has 7 heteroatoms. The maximum Gasteiger partial charge on any atom is 0.279 e. The van der Waals surface area contributed by atoms with Gasteiger partial charge in [0.15, 0.2) is 0 Å². The van der Waals surface area contributed by atoms with Gasteiger partial charge in [0.25, 0.3) is 17.7 Å². The molecule has 0 aliphatic carbocycles. The maximum absolute atomic E-state index is 13.0. The number of imide groups is 1. The molecule has 3 aromatic carbocycles. The van der Waals surface area contributed by atoms with Gasteiger partial charge in [-0.1, -0.05) is 73.1 Å². The number of hydrogen-bond acceptors (Lipinski definition) is 4. The number of carbonyl (C=O) groups is 3. The summed E-state index contributed by atoms with van der Waals surface area (Å²) in [7, 11) is 0. The molecule has 0 spiro atoms. The quantitative estimate of drug-likeness (QED) is 0.460. The smallest absolute Gasteiger partial charge is 0.279 e. The molecule has 6 nitrogen and oxygen atoms in total. The Labute approximate surface area is 203 Å². The second kappa shape index (κ2) is 9.93. The van der Waals surface area contributed by atoms with Crippen LogP contribution in [-0.2, 0) is 22.6 Å². The molecule has 1 heterocycles. The minimum absolute atomic E-state index is 0.000385. The minimum Gasteiger partial charge on any atom is -0.349 e. The van der Waals surface area contributed by atoms with Gasteiger partial charge in [-0.3, -0.25) is 19.3 Å². The van der Waals surface area contributed by atoms with E-state index in [-0.39, 0.29) is 23.2 Å². The summed E-state index contributed by atoms with van der Waals surface area (Å²) in [4.78, 5) is 39.7. The molecule has 0 unspecified atom stereocenters. The van der Waals surface area contributed by atoms with Crippen LogP contribution >= 0.6 is 11.6 Å². The largest absolute Gasteiger partial charge is 0.349 e. The first-order valence-corrected chi connectivity index (χ1v) is 11.3. The first-order chi connectivity index (χ1) is 16.4. The van der Waals surface area contributed by atoms with Crippen molar-refractivity contribution >= 4 is 40.7 Å². The van der Waals surface area contributed by atoms with Crippen LogP contribution in [0.3, 0.4) is 0 Å². The molecule has 1 aliphatic rings. The maximum atomic E-state index is 13.0. The van der Waals surface area contributed by atoms with Gasteiger partial charge in [-0.15, -0.1) is 0 Å². The van der Waals surface area contributed by atoms with Gasteiger partial charge in [0.2, 0.25) is 0 Å². The van der Waals surface area contributed by atoms with E-state index in [1.807, 2.05) is 68.4 Å². The van der Waals surface area contributed by atoms with Crippen molar-refractivity contribution in [1.82, 2.24) is 4.90 Å². The third-order valence-electron chi connectivity index (χ3n) is 5.70. The number of carbonyl (C=O) groups excluding carboxylic acids is 3. The Bertz CT molecular complexity index is 1300. The number of benzene rings is 3. The molecule has 1 aliphatic heterocycles. The monoisotopic (exact) mass is 473 g/mol. The summed E-state index contributed by atoms with van der Waals surface area (Å²) in [6, 6.07) is 22.0. The van der Waals surface area contributed by atoms with Crippen LogP contribution < -0.4 is 10.6 Å². The van der Waals surface area contributed by atoms with Crippen molar-refractivity contribution < 1.29 is 14.4 Å². The lowest BCUT2D eigenvalue weighted by Gasteiger charge is -2.16. The summed E-state index contributed by atoms with van der Waals surface area (Å²) >= 11 is 6.26. The molecule has 3 aromatic rings. The van der Waals surface area contributed by atoms with Gasteiger partial charge in [-0.05, 0) is 48.2 Å². The second-order valence-electron chi connectivity index (χ2n) is 7.99. The Morgan fingerprint density at radius 3 is 2.35 bits per heavy atom. The van der Waals surface area contributed by atoms with Gasteiger partial charge in [-0.2, -0.15) is 0 Å². The number of amides is 3. The minimum atomic E-state index is -0.555. The summed E-state index contributed by atoms with van der Waals surface area (Å²) in [6.07, 6.45) is 0.791. The van der Waals surface area contributed by atoms with Gasteiger partial charge in [0, 0.05) is 16.9 Å². The topological polar surface area (TPSA) is 78.5 Å². The normalized spacial score (nSPS) is 13.4. The summed E-state index contributed by atoms with van der Waals surface area (Å²) in [5, 5.41) is 5.76. The zero-order valence-corrected chi connectivity index (χ0v) is 19.6. The Morgan fingerprint density at radius 2 is 1.62 bits per heavy atom. The molecule has 34 heavy (non-hydrogen) atoms. The third kappa shape index (κ3) is 4.72. The molecule has 4 rings (SSSR count). The SMILES string of the molecule is CCc1ccccc1NC(=O)c1ccc(C)c(NC2=C(Cl)C(=O)N(Cc3ccccc3)C2=O)c1.